The van der Waals surface area contributed by atoms with Crippen molar-refractivity contribution >= 4 is 54.2 Å². The maximum atomic E-state index is 10.6. The predicted molar refractivity (Wildman–Crippen MR) is 40.9 cm³/mol. The van der Waals surface area contributed by atoms with Crippen LogP contribution in [0.25, 0.3) is 0 Å². The van der Waals surface area contributed by atoms with Crippen LogP contribution in [0.3, 0.4) is 0 Å². The Bertz CT molecular complexity index is 206. The third kappa shape index (κ3) is 1.95. The normalized spacial score (nSPS) is 32.1. The molecule has 0 unspecified atom stereocenters. The van der Waals surface area contributed by atoms with Crippen LogP contribution in [0.1, 0.15) is 0 Å². The topological polar surface area (TPSA) is 55.8 Å². The summed E-state index contributed by atoms with van der Waals surface area (Å²) in [6.07, 6.45) is 0. The summed E-state index contributed by atoms with van der Waals surface area (Å²) >= 11 is 21.1. The standard InChI is InChI=1S/C2HCl4O4P/c3-1(4)2(5,6)10-11(7,8)9-1/h(H,7,8). The lowest BCUT2D eigenvalue weighted by Crippen LogP contribution is -2.31. The molecule has 0 atom stereocenters. The molecule has 9 heteroatoms. The van der Waals surface area contributed by atoms with Gasteiger partial charge in [-0.2, -0.15) is 0 Å². The first-order valence-electron chi connectivity index (χ1n) is 2.16. The minimum absolute atomic E-state index is 2.24. The van der Waals surface area contributed by atoms with Crippen molar-refractivity contribution < 1.29 is 18.5 Å². The molecule has 66 valence electrons. The van der Waals surface area contributed by atoms with Crippen LogP contribution in [-0.2, 0) is 13.6 Å². The summed E-state index contributed by atoms with van der Waals surface area (Å²) in [7, 11) is -4.31. The van der Waals surface area contributed by atoms with Gasteiger partial charge in [0.2, 0.25) is 0 Å². The number of alkyl halides is 4. The van der Waals surface area contributed by atoms with Crippen LogP contribution in [0.4, 0.5) is 0 Å². The van der Waals surface area contributed by atoms with Gasteiger partial charge >= 0.3 is 7.82 Å². The van der Waals surface area contributed by atoms with Gasteiger partial charge in [0.25, 0.3) is 9.04 Å². The van der Waals surface area contributed by atoms with Crippen molar-refractivity contribution in [3.05, 3.63) is 0 Å². The number of rotatable bonds is 0. The van der Waals surface area contributed by atoms with Crippen molar-refractivity contribution in [2.24, 2.45) is 0 Å². The molecule has 1 N–H and O–H groups in total. The molecule has 11 heavy (non-hydrogen) atoms. The van der Waals surface area contributed by atoms with Crippen LogP contribution in [0.15, 0.2) is 0 Å². The molecule has 1 rings (SSSR count). The van der Waals surface area contributed by atoms with Crippen LogP contribution in [0.2, 0.25) is 0 Å². The second-order valence-electron chi connectivity index (χ2n) is 1.68. The molecule has 1 saturated heterocycles. The van der Waals surface area contributed by atoms with Gasteiger partial charge in [0.15, 0.2) is 0 Å². The van der Waals surface area contributed by atoms with E-state index in [4.69, 9.17) is 51.3 Å². The van der Waals surface area contributed by atoms with Gasteiger partial charge in [-0.1, -0.05) is 46.4 Å². The lowest BCUT2D eigenvalue weighted by Gasteiger charge is -2.18. The van der Waals surface area contributed by atoms with Crippen molar-refractivity contribution in [2.75, 3.05) is 0 Å². The van der Waals surface area contributed by atoms with Crippen LogP contribution in [0, 0.1) is 0 Å². The van der Waals surface area contributed by atoms with Gasteiger partial charge in [0.05, 0.1) is 0 Å². The lowest BCUT2D eigenvalue weighted by atomic mass is 10.7. The van der Waals surface area contributed by atoms with Crippen molar-refractivity contribution in [1.82, 2.24) is 0 Å². The van der Waals surface area contributed by atoms with E-state index in [1.807, 2.05) is 0 Å². The molecule has 0 aromatic rings. The minimum atomic E-state index is -4.31. The minimum Gasteiger partial charge on any atom is -0.302 e. The number of hydrogen-bond donors (Lipinski definition) is 1. The van der Waals surface area contributed by atoms with Gasteiger partial charge in [-0.3, -0.25) is 0 Å². The highest BCUT2D eigenvalue weighted by Gasteiger charge is 2.64. The molecule has 0 aromatic carbocycles. The summed E-state index contributed by atoms with van der Waals surface area (Å²) in [5.74, 6) is 0. The average Bonchev–Trinajstić information content (AvgIpc) is 1.66. The molecule has 0 saturated carbocycles. The Labute approximate surface area is 81.9 Å². The Morgan fingerprint density at radius 1 is 1.09 bits per heavy atom. The highest BCUT2D eigenvalue weighted by molar-refractivity contribution is 7.48. The summed E-state index contributed by atoms with van der Waals surface area (Å²) in [5, 5.41) is 0. The monoisotopic (exact) mass is 260 g/mol. The Morgan fingerprint density at radius 3 is 1.45 bits per heavy atom. The fourth-order valence-corrected chi connectivity index (χ4v) is 2.70. The van der Waals surface area contributed by atoms with Gasteiger partial charge in [-0.05, 0) is 0 Å². The Hall–Kier alpha value is 1.27. The highest BCUT2D eigenvalue weighted by atomic mass is 35.5. The maximum absolute atomic E-state index is 10.6. The SMILES string of the molecule is O=P1(O)OC(Cl)(Cl)C(Cl)(Cl)O1. The van der Waals surface area contributed by atoms with E-state index in [-0.39, 0.29) is 0 Å². The number of halogens is 4. The molecular formula is C2HCl4O4P. The van der Waals surface area contributed by atoms with E-state index in [0.29, 0.717) is 0 Å². The molecule has 0 bridgehead atoms. The van der Waals surface area contributed by atoms with Crippen LogP contribution in [0.5, 0.6) is 0 Å². The molecule has 0 aromatic heterocycles. The van der Waals surface area contributed by atoms with Crippen LogP contribution >= 0.6 is 54.2 Å². The zero-order valence-electron chi connectivity index (χ0n) is 4.63. The molecule has 0 amide bonds. The number of phosphoric ester groups is 1. The van der Waals surface area contributed by atoms with Crippen molar-refractivity contribution in [3.63, 3.8) is 0 Å². The molecule has 0 spiro atoms. The molecule has 0 aliphatic carbocycles. The summed E-state index contributed by atoms with van der Waals surface area (Å²) < 4.78 is 14.4. The Kier molecular flexibility index (Phi) is 2.47. The second kappa shape index (κ2) is 2.63. The number of hydrogen-bond acceptors (Lipinski definition) is 3. The largest absolute Gasteiger partial charge is 0.477 e. The summed E-state index contributed by atoms with van der Waals surface area (Å²) in [5.41, 5.74) is 0. The van der Waals surface area contributed by atoms with Gasteiger partial charge in [0, 0.05) is 0 Å². The fourth-order valence-electron chi connectivity index (χ4n) is 0.415. The maximum Gasteiger partial charge on any atom is 0.477 e. The Balaban J connectivity index is 2.98. The quantitative estimate of drug-likeness (QED) is 0.537. The van der Waals surface area contributed by atoms with E-state index < -0.39 is 16.9 Å². The summed E-state index contributed by atoms with van der Waals surface area (Å²) in [4.78, 5) is 8.64. The van der Waals surface area contributed by atoms with E-state index in [9.17, 15) is 4.57 Å². The summed E-state index contributed by atoms with van der Waals surface area (Å²) in [6, 6.07) is 0. The van der Waals surface area contributed by atoms with Crippen molar-refractivity contribution in [1.29, 1.82) is 0 Å². The van der Waals surface area contributed by atoms with Crippen molar-refractivity contribution in [3.8, 4) is 0 Å². The lowest BCUT2D eigenvalue weighted by molar-refractivity contribution is 0.221. The Morgan fingerprint density at radius 2 is 1.36 bits per heavy atom. The molecule has 1 aliphatic rings. The highest BCUT2D eigenvalue weighted by Crippen LogP contribution is 2.67. The van der Waals surface area contributed by atoms with E-state index in [1.165, 1.54) is 0 Å². The van der Waals surface area contributed by atoms with Crippen LogP contribution < -0.4 is 0 Å². The van der Waals surface area contributed by atoms with E-state index in [2.05, 4.69) is 9.05 Å². The van der Waals surface area contributed by atoms with Gasteiger partial charge in [0.1, 0.15) is 0 Å². The zero-order valence-corrected chi connectivity index (χ0v) is 8.55. The zero-order chi connectivity index (χ0) is 8.91. The van der Waals surface area contributed by atoms with Gasteiger partial charge < -0.3 is 4.89 Å². The third-order valence-corrected chi connectivity index (χ3v) is 4.00. The molecular weight excluding hydrogens is 261 g/mol. The smallest absolute Gasteiger partial charge is 0.302 e. The molecule has 0 radical (unpaired) electrons. The summed E-state index contributed by atoms with van der Waals surface area (Å²) in [6.45, 7) is 0. The molecule has 1 heterocycles. The van der Waals surface area contributed by atoms with E-state index in [0.717, 1.165) is 0 Å². The second-order valence-corrected chi connectivity index (χ2v) is 5.50. The van der Waals surface area contributed by atoms with Gasteiger partial charge in [-0.25, -0.2) is 13.6 Å². The third-order valence-electron chi connectivity index (χ3n) is 0.799. The molecule has 4 nitrogen and oxygen atoms in total. The fraction of sp³-hybridized carbons (Fsp3) is 1.00. The van der Waals surface area contributed by atoms with Crippen LogP contribution in [-0.4, -0.2) is 13.9 Å². The van der Waals surface area contributed by atoms with E-state index in [1.54, 1.807) is 0 Å². The molecule has 1 fully saturated rings. The number of phosphoric acid groups is 1. The molecule has 1 aliphatic heterocycles. The van der Waals surface area contributed by atoms with E-state index >= 15 is 0 Å². The predicted octanol–water partition coefficient (Wildman–Crippen LogP) is 2.40. The van der Waals surface area contributed by atoms with Gasteiger partial charge in [-0.15, -0.1) is 0 Å². The average molecular weight is 262 g/mol. The first-order valence-corrected chi connectivity index (χ1v) is 5.17. The first kappa shape index (κ1) is 10.4. The first-order chi connectivity index (χ1) is 4.66. The van der Waals surface area contributed by atoms with Crippen molar-refractivity contribution in [2.45, 2.75) is 9.04 Å².